The lowest BCUT2D eigenvalue weighted by atomic mass is 10.1. The molecule has 1 aromatic heterocycles. The Morgan fingerprint density at radius 1 is 1.38 bits per heavy atom. The molecule has 2 aromatic rings. The van der Waals surface area contributed by atoms with Crippen LogP contribution in [0.5, 0.6) is 5.75 Å². The maximum atomic E-state index is 12.2. The number of hydrogen-bond donors (Lipinski definition) is 2. The average molecular weight is 347 g/mol. The van der Waals surface area contributed by atoms with Crippen molar-refractivity contribution in [1.29, 1.82) is 0 Å². The van der Waals surface area contributed by atoms with Gasteiger partial charge in [0, 0.05) is 23.9 Å². The predicted octanol–water partition coefficient (Wildman–Crippen LogP) is 3.00. The second-order valence-electron chi connectivity index (χ2n) is 5.99. The van der Waals surface area contributed by atoms with Crippen molar-refractivity contribution in [1.82, 2.24) is 10.3 Å². The highest BCUT2D eigenvalue weighted by atomic mass is 32.1. The number of para-hydroxylation sites is 1. The molecule has 1 amide bonds. The van der Waals surface area contributed by atoms with Gasteiger partial charge in [-0.2, -0.15) is 0 Å². The lowest BCUT2D eigenvalue weighted by Gasteiger charge is -2.12. The van der Waals surface area contributed by atoms with Gasteiger partial charge >= 0.3 is 0 Å². The van der Waals surface area contributed by atoms with Crippen LogP contribution in [0.15, 0.2) is 29.6 Å². The SMILES string of the molecule is CC(C)CCOc1ccccc1CNC(=O)c1csc(CCN)n1. The third kappa shape index (κ3) is 5.62. The second-order valence-corrected chi connectivity index (χ2v) is 6.93. The molecule has 0 saturated carbocycles. The van der Waals surface area contributed by atoms with Gasteiger partial charge in [-0.15, -0.1) is 11.3 Å². The fourth-order valence-corrected chi connectivity index (χ4v) is 2.91. The first kappa shape index (κ1) is 18.4. The molecule has 0 spiro atoms. The van der Waals surface area contributed by atoms with Crippen molar-refractivity contribution in [3.63, 3.8) is 0 Å². The van der Waals surface area contributed by atoms with E-state index in [-0.39, 0.29) is 5.91 Å². The van der Waals surface area contributed by atoms with Crippen LogP contribution in [0.1, 0.15) is 41.3 Å². The summed E-state index contributed by atoms with van der Waals surface area (Å²) in [5.41, 5.74) is 6.92. The number of amides is 1. The summed E-state index contributed by atoms with van der Waals surface area (Å²) in [5, 5.41) is 5.56. The average Bonchev–Trinajstić information content (AvgIpc) is 3.02. The summed E-state index contributed by atoms with van der Waals surface area (Å²) in [4.78, 5) is 16.5. The number of carbonyl (C=O) groups excluding carboxylic acids is 1. The minimum absolute atomic E-state index is 0.175. The predicted molar refractivity (Wildman–Crippen MR) is 97.4 cm³/mol. The molecule has 0 fully saturated rings. The van der Waals surface area contributed by atoms with E-state index in [0.717, 1.165) is 22.7 Å². The van der Waals surface area contributed by atoms with Gasteiger partial charge in [0.2, 0.25) is 0 Å². The number of nitrogens with zero attached hydrogens (tertiary/aromatic N) is 1. The van der Waals surface area contributed by atoms with Gasteiger partial charge in [0.25, 0.3) is 5.91 Å². The number of rotatable bonds is 9. The maximum Gasteiger partial charge on any atom is 0.271 e. The number of nitrogens with one attached hydrogen (secondary N) is 1. The Balaban J connectivity index is 1.91. The van der Waals surface area contributed by atoms with Crippen molar-refractivity contribution >= 4 is 17.2 Å². The van der Waals surface area contributed by atoms with Crippen LogP contribution in [-0.4, -0.2) is 24.0 Å². The molecule has 0 aliphatic heterocycles. The monoisotopic (exact) mass is 347 g/mol. The van der Waals surface area contributed by atoms with Crippen molar-refractivity contribution in [2.45, 2.75) is 33.2 Å². The summed E-state index contributed by atoms with van der Waals surface area (Å²) in [7, 11) is 0. The van der Waals surface area contributed by atoms with Gasteiger partial charge in [-0.05, 0) is 24.9 Å². The van der Waals surface area contributed by atoms with Gasteiger partial charge < -0.3 is 15.8 Å². The minimum Gasteiger partial charge on any atom is -0.493 e. The molecule has 24 heavy (non-hydrogen) atoms. The second kappa shape index (κ2) is 9.39. The fraction of sp³-hybridized carbons (Fsp3) is 0.444. The third-order valence-electron chi connectivity index (χ3n) is 3.51. The highest BCUT2D eigenvalue weighted by molar-refractivity contribution is 7.09. The third-order valence-corrected chi connectivity index (χ3v) is 4.42. The van der Waals surface area contributed by atoms with E-state index in [1.54, 1.807) is 5.38 Å². The van der Waals surface area contributed by atoms with E-state index in [4.69, 9.17) is 10.5 Å². The summed E-state index contributed by atoms with van der Waals surface area (Å²) in [6.45, 7) is 5.97. The van der Waals surface area contributed by atoms with Gasteiger partial charge in [0.1, 0.15) is 11.4 Å². The van der Waals surface area contributed by atoms with Crippen LogP contribution in [0.3, 0.4) is 0 Å². The van der Waals surface area contributed by atoms with Crippen LogP contribution < -0.4 is 15.8 Å². The summed E-state index contributed by atoms with van der Waals surface area (Å²) in [6, 6.07) is 7.78. The Bertz CT molecular complexity index is 655. The number of nitrogens with two attached hydrogens (primary N) is 1. The summed E-state index contributed by atoms with van der Waals surface area (Å²) >= 11 is 1.46. The molecule has 0 atom stereocenters. The molecule has 1 aromatic carbocycles. The topological polar surface area (TPSA) is 77.2 Å². The summed E-state index contributed by atoms with van der Waals surface area (Å²) in [5.74, 6) is 1.25. The Hall–Kier alpha value is -1.92. The maximum absolute atomic E-state index is 12.2. The van der Waals surface area contributed by atoms with E-state index < -0.39 is 0 Å². The molecule has 3 N–H and O–H groups in total. The molecule has 6 heteroatoms. The molecule has 0 bridgehead atoms. The van der Waals surface area contributed by atoms with Gasteiger partial charge in [-0.3, -0.25) is 4.79 Å². The Morgan fingerprint density at radius 3 is 2.92 bits per heavy atom. The van der Waals surface area contributed by atoms with Crippen molar-refractivity contribution in [2.75, 3.05) is 13.2 Å². The van der Waals surface area contributed by atoms with E-state index in [1.807, 2.05) is 24.3 Å². The van der Waals surface area contributed by atoms with Crippen LogP contribution in [-0.2, 0) is 13.0 Å². The van der Waals surface area contributed by atoms with E-state index in [9.17, 15) is 4.79 Å². The molecule has 130 valence electrons. The van der Waals surface area contributed by atoms with Gasteiger partial charge in [-0.1, -0.05) is 32.0 Å². The van der Waals surface area contributed by atoms with Crippen molar-refractivity contribution < 1.29 is 9.53 Å². The van der Waals surface area contributed by atoms with Gasteiger partial charge in [0.05, 0.1) is 11.6 Å². The number of aromatic nitrogens is 1. The lowest BCUT2D eigenvalue weighted by Crippen LogP contribution is -2.23. The van der Waals surface area contributed by atoms with Crippen molar-refractivity contribution in [3.05, 3.63) is 45.9 Å². The van der Waals surface area contributed by atoms with Crippen LogP contribution >= 0.6 is 11.3 Å². The van der Waals surface area contributed by atoms with E-state index >= 15 is 0 Å². The molecule has 0 unspecified atom stereocenters. The standard InChI is InChI=1S/C18H25N3O2S/c1-13(2)8-10-23-16-6-4-3-5-14(16)11-20-18(22)15-12-24-17(21-15)7-9-19/h3-6,12-13H,7-11,19H2,1-2H3,(H,20,22). The molecule has 0 saturated heterocycles. The van der Waals surface area contributed by atoms with Crippen LogP contribution in [0, 0.1) is 5.92 Å². The quantitative estimate of drug-likeness (QED) is 0.731. The highest BCUT2D eigenvalue weighted by Crippen LogP contribution is 2.19. The van der Waals surface area contributed by atoms with E-state index in [0.29, 0.717) is 37.7 Å². The first-order chi connectivity index (χ1) is 11.6. The number of thiazole rings is 1. The first-order valence-electron chi connectivity index (χ1n) is 8.23. The summed E-state index contributed by atoms with van der Waals surface area (Å²) < 4.78 is 5.84. The Kier molecular flexibility index (Phi) is 7.21. The van der Waals surface area contributed by atoms with Crippen LogP contribution in [0.2, 0.25) is 0 Å². The Labute approximate surface area is 147 Å². The van der Waals surface area contributed by atoms with E-state index in [2.05, 4.69) is 24.1 Å². The molecule has 1 heterocycles. The zero-order valence-electron chi connectivity index (χ0n) is 14.2. The summed E-state index contributed by atoms with van der Waals surface area (Å²) in [6.07, 6.45) is 1.70. The number of hydrogen-bond acceptors (Lipinski definition) is 5. The van der Waals surface area contributed by atoms with Crippen LogP contribution in [0.4, 0.5) is 0 Å². The molecule has 0 radical (unpaired) electrons. The van der Waals surface area contributed by atoms with Gasteiger partial charge in [0.15, 0.2) is 0 Å². The smallest absolute Gasteiger partial charge is 0.271 e. The molecular weight excluding hydrogens is 322 g/mol. The zero-order chi connectivity index (χ0) is 17.4. The highest BCUT2D eigenvalue weighted by Gasteiger charge is 2.11. The minimum atomic E-state index is -0.175. The molecule has 2 rings (SSSR count). The van der Waals surface area contributed by atoms with Crippen molar-refractivity contribution in [2.24, 2.45) is 11.7 Å². The molecule has 5 nitrogen and oxygen atoms in total. The normalized spacial score (nSPS) is 10.8. The molecule has 0 aliphatic rings. The number of carbonyl (C=O) groups is 1. The van der Waals surface area contributed by atoms with Crippen LogP contribution in [0.25, 0.3) is 0 Å². The lowest BCUT2D eigenvalue weighted by molar-refractivity contribution is 0.0946. The molecular formula is C18H25N3O2S. The number of ether oxygens (including phenoxy) is 1. The largest absolute Gasteiger partial charge is 0.493 e. The fourth-order valence-electron chi connectivity index (χ4n) is 2.11. The molecule has 0 aliphatic carbocycles. The zero-order valence-corrected chi connectivity index (χ0v) is 15.1. The van der Waals surface area contributed by atoms with E-state index in [1.165, 1.54) is 11.3 Å². The van der Waals surface area contributed by atoms with Gasteiger partial charge in [-0.25, -0.2) is 4.98 Å². The first-order valence-corrected chi connectivity index (χ1v) is 9.11. The van der Waals surface area contributed by atoms with Crippen molar-refractivity contribution in [3.8, 4) is 5.75 Å². The Morgan fingerprint density at radius 2 is 2.17 bits per heavy atom. The number of benzene rings is 1.